The van der Waals surface area contributed by atoms with Crippen LogP contribution < -0.4 is 0 Å². The first-order chi connectivity index (χ1) is 7.39. The van der Waals surface area contributed by atoms with Crippen molar-refractivity contribution in [3.05, 3.63) is 23.9 Å². The summed E-state index contributed by atoms with van der Waals surface area (Å²) in [7, 11) is 0. The average molecular weight is 218 g/mol. The fourth-order valence-corrected chi connectivity index (χ4v) is 1.64. The third kappa shape index (κ3) is 1.79. The van der Waals surface area contributed by atoms with E-state index in [4.69, 9.17) is 4.98 Å². The van der Waals surface area contributed by atoms with Gasteiger partial charge in [0, 0.05) is 11.6 Å². The Kier molecular flexibility index (Phi) is 2.45. The zero-order valence-corrected chi connectivity index (χ0v) is 10.5. The Bertz CT molecular complexity index is 505. The van der Waals surface area contributed by atoms with E-state index in [1.54, 1.807) is 6.33 Å². The summed E-state index contributed by atoms with van der Waals surface area (Å²) in [6.45, 7) is 10.7. The van der Waals surface area contributed by atoms with Gasteiger partial charge < -0.3 is 0 Å². The van der Waals surface area contributed by atoms with Crippen LogP contribution in [0.5, 0.6) is 0 Å². The average Bonchev–Trinajstić information content (AvgIpc) is 2.61. The van der Waals surface area contributed by atoms with Gasteiger partial charge in [-0.25, -0.2) is 0 Å². The van der Waals surface area contributed by atoms with Crippen molar-refractivity contribution < 1.29 is 0 Å². The molecular formula is C12H18N4. The summed E-state index contributed by atoms with van der Waals surface area (Å²) >= 11 is 0. The van der Waals surface area contributed by atoms with Crippen molar-refractivity contribution in [2.75, 3.05) is 0 Å². The molecule has 2 aromatic heterocycles. The van der Waals surface area contributed by atoms with E-state index in [9.17, 15) is 0 Å². The van der Waals surface area contributed by atoms with Crippen molar-refractivity contribution in [3.63, 3.8) is 0 Å². The quantitative estimate of drug-likeness (QED) is 0.738. The van der Waals surface area contributed by atoms with Gasteiger partial charge in [-0.15, -0.1) is 10.2 Å². The van der Waals surface area contributed by atoms with Gasteiger partial charge in [0.2, 0.25) is 0 Å². The normalized spacial score (nSPS) is 12.6. The van der Waals surface area contributed by atoms with Crippen LogP contribution in [0.15, 0.2) is 12.5 Å². The lowest BCUT2D eigenvalue weighted by Gasteiger charge is -2.19. The van der Waals surface area contributed by atoms with Crippen molar-refractivity contribution >= 4 is 5.65 Å². The first-order valence-electron chi connectivity index (χ1n) is 5.60. The summed E-state index contributed by atoms with van der Waals surface area (Å²) in [4.78, 5) is 4.72. The maximum atomic E-state index is 4.72. The highest BCUT2D eigenvalue weighted by Gasteiger charge is 2.22. The summed E-state index contributed by atoms with van der Waals surface area (Å²) in [5, 5.41) is 8.08. The molecule has 0 saturated carbocycles. The van der Waals surface area contributed by atoms with E-state index in [-0.39, 0.29) is 5.41 Å². The van der Waals surface area contributed by atoms with Crippen molar-refractivity contribution in [1.29, 1.82) is 0 Å². The van der Waals surface area contributed by atoms with Crippen LogP contribution in [0.3, 0.4) is 0 Å². The molecule has 0 N–H and O–H groups in total. The predicted molar refractivity (Wildman–Crippen MR) is 63.6 cm³/mol. The molecule has 16 heavy (non-hydrogen) atoms. The van der Waals surface area contributed by atoms with Gasteiger partial charge in [0.05, 0.1) is 11.4 Å². The van der Waals surface area contributed by atoms with Gasteiger partial charge in [0.15, 0.2) is 5.65 Å². The molecule has 0 saturated heterocycles. The SMILES string of the molecule is CC(C)c1cn2cnnc2c(C(C)(C)C)n1. The van der Waals surface area contributed by atoms with Crippen LogP contribution in [0.25, 0.3) is 5.65 Å². The van der Waals surface area contributed by atoms with E-state index in [2.05, 4.69) is 44.8 Å². The number of rotatable bonds is 1. The topological polar surface area (TPSA) is 43.1 Å². The number of aromatic nitrogens is 4. The molecule has 0 radical (unpaired) electrons. The second-order valence-corrected chi connectivity index (χ2v) is 5.48. The number of hydrogen-bond acceptors (Lipinski definition) is 3. The standard InChI is InChI=1S/C12H18N4/c1-8(2)9-6-16-7-13-15-11(16)10(14-9)12(3,4)5/h6-8H,1-5H3. The molecular weight excluding hydrogens is 200 g/mol. The third-order valence-corrected chi connectivity index (χ3v) is 2.60. The van der Waals surface area contributed by atoms with Crippen LogP contribution in [-0.4, -0.2) is 19.6 Å². The molecule has 0 aliphatic carbocycles. The molecule has 0 aliphatic heterocycles. The summed E-state index contributed by atoms with van der Waals surface area (Å²) < 4.78 is 1.96. The van der Waals surface area contributed by atoms with Crippen LogP contribution in [0.1, 0.15) is 51.9 Å². The molecule has 2 aromatic rings. The van der Waals surface area contributed by atoms with Crippen LogP contribution in [0.4, 0.5) is 0 Å². The summed E-state index contributed by atoms with van der Waals surface area (Å²) in [5.74, 6) is 0.410. The Morgan fingerprint density at radius 1 is 1.25 bits per heavy atom. The maximum absolute atomic E-state index is 4.72. The zero-order chi connectivity index (χ0) is 11.9. The monoisotopic (exact) mass is 218 g/mol. The first-order valence-corrected chi connectivity index (χ1v) is 5.60. The Labute approximate surface area is 95.7 Å². The Morgan fingerprint density at radius 2 is 1.94 bits per heavy atom. The fraction of sp³-hybridized carbons (Fsp3) is 0.583. The molecule has 0 unspecified atom stereocenters. The van der Waals surface area contributed by atoms with E-state index < -0.39 is 0 Å². The minimum atomic E-state index is -0.0147. The van der Waals surface area contributed by atoms with E-state index in [0.717, 1.165) is 17.0 Å². The lowest BCUT2D eigenvalue weighted by molar-refractivity contribution is 0.563. The first kappa shape index (κ1) is 11.0. The molecule has 0 aliphatic rings. The Balaban J connectivity index is 2.74. The molecule has 2 rings (SSSR count). The van der Waals surface area contributed by atoms with E-state index in [1.165, 1.54) is 0 Å². The molecule has 0 atom stereocenters. The highest BCUT2D eigenvalue weighted by molar-refractivity contribution is 5.46. The van der Waals surface area contributed by atoms with E-state index in [0.29, 0.717) is 5.92 Å². The third-order valence-electron chi connectivity index (χ3n) is 2.60. The highest BCUT2D eigenvalue weighted by Crippen LogP contribution is 2.25. The molecule has 0 aromatic carbocycles. The largest absolute Gasteiger partial charge is 0.286 e. The summed E-state index contributed by atoms with van der Waals surface area (Å²) in [6, 6.07) is 0. The Morgan fingerprint density at radius 3 is 2.50 bits per heavy atom. The smallest absolute Gasteiger partial charge is 0.182 e. The number of nitrogens with zero attached hydrogens (tertiary/aromatic N) is 4. The summed E-state index contributed by atoms with van der Waals surface area (Å²) in [6.07, 6.45) is 3.74. The minimum Gasteiger partial charge on any atom is -0.286 e. The predicted octanol–water partition coefficient (Wildman–Crippen LogP) is 2.55. The summed E-state index contributed by atoms with van der Waals surface area (Å²) in [5.41, 5.74) is 2.93. The molecule has 4 nitrogen and oxygen atoms in total. The van der Waals surface area contributed by atoms with E-state index in [1.807, 2.05) is 10.6 Å². The Hall–Kier alpha value is -1.45. The lowest BCUT2D eigenvalue weighted by atomic mass is 9.91. The van der Waals surface area contributed by atoms with Crippen LogP contribution >= 0.6 is 0 Å². The molecule has 86 valence electrons. The second-order valence-electron chi connectivity index (χ2n) is 5.48. The van der Waals surface area contributed by atoms with Crippen molar-refractivity contribution in [2.24, 2.45) is 0 Å². The number of hydrogen-bond donors (Lipinski definition) is 0. The van der Waals surface area contributed by atoms with Gasteiger partial charge in [-0.05, 0) is 5.92 Å². The second kappa shape index (κ2) is 3.54. The van der Waals surface area contributed by atoms with Crippen molar-refractivity contribution in [2.45, 2.75) is 46.0 Å². The van der Waals surface area contributed by atoms with Gasteiger partial charge in [-0.1, -0.05) is 34.6 Å². The molecule has 0 bridgehead atoms. The zero-order valence-electron chi connectivity index (χ0n) is 10.5. The van der Waals surface area contributed by atoms with Crippen molar-refractivity contribution in [3.8, 4) is 0 Å². The minimum absolute atomic E-state index is 0.0147. The van der Waals surface area contributed by atoms with Crippen molar-refractivity contribution in [1.82, 2.24) is 19.6 Å². The van der Waals surface area contributed by atoms with Gasteiger partial charge in [-0.2, -0.15) is 0 Å². The van der Waals surface area contributed by atoms with Gasteiger partial charge in [0.1, 0.15) is 6.33 Å². The van der Waals surface area contributed by atoms with Gasteiger partial charge in [-0.3, -0.25) is 9.38 Å². The fourth-order valence-electron chi connectivity index (χ4n) is 1.64. The molecule has 2 heterocycles. The molecule has 0 amide bonds. The maximum Gasteiger partial charge on any atom is 0.182 e. The van der Waals surface area contributed by atoms with Crippen LogP contribution in [0.2, 0.25) is 0 Å². The van der Waals surface area contributed by atoms with E-state index >= 15 is 0 Å². The molecule has 4 heteroatoms. The lowest BCUT2D eigenvalue weighted by Crippen LogP contribution is -2.17. The van der Waals surface area contributed by atoms with Gasteiger partial charge >= 0.3 is 0 Å². The molecule has 0 spiro atoms. The van der Waals surface area contributed by atoms with Crippen LogP contribution in [-0.2, 0) is 5.41 Å². The number of fused-ring (bicyclic) bond motifs is 1. The molecule has 0 fully saturated rings. The highest BCUT2D eigenvalue weighted by atomic mass is 15.2. The van der Waals surface area contributed by atoms with Gasteiger partial charge in [0.25, 0.3) is 0 Å². The van der Waals surface area contributed by atoms with Crippen LogP contribution in [0, 0.1) is 0 Å².